The van der Waals surface area contributed by atoms with Crippen molar-refractivity contribution < 1.29 is 28.8 Å². The number of benzene rings is 2. The van der Waals surface area contributed by atoms with E-state index in [1.807, 2.05) is 24.3 Å². The fourth-order valence-corrected chi connectivity index (χ4v) is 3.43. The second-order valence-corrected chi connectivity index (χ2v) is 7.02. The number of para-hydroxylation sites is 1. The van der Waals surface area contributed by atoms with Gasteiger partial charge in [-0.3, -0.25) is 14.9 Å². The van der Waals surface area contributed by atoms with E-state index in [2.05, 4.69) is 0 Å². The summed E-state index contributed by atoms with van der Waals surface area (Å²) in [6.07, 6.45) is 0.527. The SMILES string of the molecule is CCOC(=O)c1cc(C(=O)OC(C)C(=O)N2CCCc3ccccc32)cc([N+](=O)[O-])c1. The van der Waals surface area contributed by atoms with Gasteiger partial charge in [-0.2, -0.15) is 0 Å². The number of non-ortho nitro benzene ring substituents is 1. The van der Waals surface area contributed by atoms with Crippen molar-refractivity contribution in [3.05, 3.63) is 69.3 Å². The number of nitro groups is 1. The van der Waals surface area contributed by atoms with E-state index < -0.39 is 34.6 Å². The van der Waals surface area contributed by atoms with Gasteiger partial charge >= 0.3 is 11.9 Å². The summed E-state index contributed by atoms with van der Waals surface area (Å²) < 4.78 is 10.1. The molecular formula is C22H22N2O7. The van der Waals surface area contributed by atoms with E-state index in [1.54, 1.807) is 11.8 Å². The van der Waals surface area contributed by atoms with Gasteiger partial charge in [0.25, 0.3) is 11.6 Å². The largest absolute Gasteiger partial charge is 0.462 e. The minimum atomic E-state index is -1.12. The number of rotatable bonds is 6. The van der Waals surface area contributed by atoms with Gasteiger partial charge in [0.15, 0.2) is 6.10 Å². The Bertz CT molecular complexity index is 1030. The van der Waals surface area contributed by atoms with Gasteiger partial charge in [0.05, 0.1) is 22.7 Å². The van der Waals surface area contributed by atoms with Crippen molar-refractivity contribution >= 4 is 29.2 Å². The molecule has 0 spiro atoms. The van der Waals surface area contributed by atoms with Crippen molar-refractivity contribution in [2.75, 3.05) is 18.1 Å². The van der Waals surface area contributed by atoms with Crippen LogP contribution in [0.4, 0.5) is 11.4 Å². The topological polar surface area (TPSA) is 116 Å². The number of nitrogens with zero attached hydrogens (tertiary/aromatic N) is 2. The molecule has 1 unspecified atom stereocenters. The molecular weight excluding hydrogens is 404 g/mol. The first-order valence-electron chi connectivity index (χ1n) is 9.88. The molecule has 162 valence electrons. The highest BCUT2D eigenvalue weighted by atomic mass is 16.6. The predicted octanol–water partition coefficient (Wildman–Crippen LogP) is 3.30. The lowest BCUT2D eigenvalue weighted by molar-refractivity contribution is -0.384. The zero-order valence-electron chi connectivity index (χ0n) is 17.2. The molecule has 0 fully saturated rings. The summed E-state index contributed by atoms with van der Waals surface area (Å²) in [6.45, 7) is 3.61. The van der Waals surface area contributed by atoms with Gasteiger partial charge in [-0.05, 0) is 44.4 Å². The van der Waals surface area contributed by atoms with Crippen LogP contribution in [0.5, 0.6) is 0 Å². The van der Waals surface area contributed by atoms with Crippen LogP contribution in [-0.2, 0) is 20.7 Å². The molecule has 0 aromatic heterocycles. The van der Waals surface area contributed by atoms with Crippen molar-refractivity contribution in [3.63, 3.8) is 0 Å². The van der Waals surface area contributed by atoms with E-state index >= 15 is 0 Å². The molecule has 1 atom stereocenters. The minimum absolute atomic E-state index is 0.0736. The second kappa shape index (κ2) is 9.38. The maximum Gasteiger partial charge on any atom is 0.339 e. The molecule has 0 saturated heterocycles. The molecule has 1 aliphatic heterocycles. The van der Waals surface area contributed by atoms with Crippen LogP contribution in [0.25, 0.3) is 0 Å². The van der Waals surface area contributed by atoms with E-state index in [9.17, 15) is 24.5 Å². The lowest BCUT2D eigenvalue weighted by atomic mass is 10.0. The van der Waals surface area contributed by atoms with E-state index in [1.165, 1.54) is 6.92 Å². The number of hydrogen-bond acceptors (Lipinski definition) is 7. The van der Waals surface area contributed by atoms with Crippen molar-refractivity contribution in [2.24, 2.45) is 0 Å². The molecule has 0 saturated carbocycles. The van der Waals surface area contributed by atoms with Crippen LogP contribution in [0.2, 0.25) is 0 Å². The monoisotopic (exact) mass is 426 g/mol. The highest BCUT2D eigenvalue weighted by Crippen LogP contribution is 2.28. The van der Waals surface area contributed by atoms with Gasteiger partial charge < -0.3 is 14.4 Å². The number of fused-ring (bicyclic) bond motifs is 1. The lowest BCUT2D eigenvalue weighted by Gasteiger charge is -2.31. The smallest absolute Gasteiger partial charge is 0.339 e. The third-order valence-corrected chi connectivity index (χ3v) is 4.88. The number of nitro benzene ring substituents is 1. The molecule has 0 bridgehead atoms. The average Bonchev–Trinajstić information content (AvgIpc) is 2.77. The summed E-state index contributed by atoms with van der Waals surface area (Å²) in [5, 5.41) is 11.2. The lowest BCUT2D eigenvalue weighted by Crippen LogP contribution is -2.42. The van der Waals surface area contributed by atoms with Crippen LogP contribution in [0.1, 0.15) is 46.5 Å². The molecule has 2 aromatic rings. The Kier molecular flexibility index (Phi) is 6.64. The zero-order chi connectivity index (χ0) is 22.5. The van der Waals surface area contributed by atoms with Crippen molar-refractivity contribution in [1.29, 1.82) is 0 Å². The van der Waals surface area contributed by atoms with Gasteiger partial charge in [0, 0.05) is 24.4 Å². The number of carbonyl (C=O) groups excluding carboxylic acids is 3. The normalized spacial score (nSPS) is 13.7. The third-order valence-electron chi connectivity index (χ3n) is 4.88. The number of esters is 2. The third kappa shape index (κ3) is 4.88. The quantitative estimate of drug-likeness (QED) is 0.395. The number of aryl methyl sites for hydroxylation is 1. The second-order valence-electron chi connectivity index (χ2n) is 7.02. The summed E-state index contributed by atoms with van der Waals surface area (Å²) in [5.41, 5.74) is 1.00. The Morgan fingerprint density at radius 3 is 2.48 bits per heavy atom. The van der Waals surface area contributed by atoms with Gasteiger partial charge in [-0.15, -0.1) is 0 Å². The van der Waals surface area contributed by atoms with E-state index in [-0.39, 0.29) is 17.7 Å². The molecule has 1 aliphatic rings. The van der Waals surface area contributed by atoms with Crippen LogP contribution in [0, 0.1) is 10.1 Å². The Labute approximate surface area is 178 Å². The highest BCUT2D eigenvalue weighted by Gasteiger charge is 2.29. The van der Waals surface area contributed by atoms with Crippen molar-refractivity contribution in [1.82, 2.24) is 0 Å². The fraction of sp³-hybridized carbons (Fsp3) is 0.318. The van der Waals surface area contributed by atoms with Crippen LogP contribution in [0.15, 0.2) is 42.5 Å². The highest BCUT2D eigenvalue weighted by molar-refractivity contribution is 6.01. The Morgan fingerprint density at radius 2 is 1.81 bits per heavy atom. The molecule has 31 heavy (non-hydrogen) atoms. The molecule has 1 amide bonds. The molecule has 3 rings (SSSR count). The molecule has 2 aromatic carbocycles. The zero-order valence-corrected chi connectivity index (χ0v) is 17.2. The molecule has 0 aliphatic carbocycles. The van der Waals surface area contributed by atoms with Gasteiger partial charge in [-0.1, -0.05) is 18.2 Å². The van der Waals surface area contributed by atoms with E-state index in [0.29, 0.717) is 6.54 Å². The summed E-state index contributed by atoms with van der Waals surface area (Å²) in [4.78, 5) is 49.6. The number of ether oxygens (including phenoxy) is 2. The first kappa shape index (κ1) is 21.9. The van der Waals surface area contributed by atoms with Crippen LogP contribution in [-0.4, -0.2) is 42.0 Å². The summed E-state index contributed by atoms with van der Waals surface area (Å²) in [7, 11) is 0. The predicted molar refractivity (Wildman–Crippen MR) is 111 cm³/mol. The van der Waals surface area contributed by atoms with Crippen molar-refractivity contribution in [2.45, 2.75) is 32.8 Å². The Morgan fingerprint density at radius 1 is 1.13 bits per heavy atom. The summed E-state index contributed by atoms with van der Waals surface area (Å²) in [6, 6.07) is 10.7. The molecule has 1 heterocycles. The maximum atomic E-state index is 12.9. The first-order valence-corrected chi connectivity index (χ1v) is 9.88. The molecule has 9 heteroatoms. The summed E-state index contributed by atoms with van der Waals surface area (Å²) >= 11 is 0. The average molecular weight is 426 g/mol. The number of amides is 1. The van der Waals surface area contributed by atoms with Gasteiger partial charge in [0.2, 0.25) is 0 Å². The van der Waals surface area contributed by atoms with Crippen LogP contribution in [0.3, 0.4) is 0 Å². The Balaban J connectivity index is 1.80. The van der Waals surface area contributed by atoms with Crippen molar-refractivity contribution in [3.8, 4) is 0 Å². The minimum Gasteiger partial charge on any atom is -0.462 e. The van der Waals surface area contributed by atoms with Crippen LogP contribution >= 0.6 is 0 Å². The maximum absolute atomic E-state index is 12.9. The first-order chi connectivity index (χ1) is 14.8. The molecule has 0 radical (unpaired) electrons. The van der Waals surface area contributed by atoms with E-state index in [4.69, 9.17) is 9.47 Å². The Hall–Kier alpha value is -3.75. The molecule has 9 nitrogen and oxygen atoms in total. The van der Waals surface area contributed by atoms with Gasteiger partial charge in [0.1, 0.15) is 0 Å². The molecule has 0 N–H and O–H groups in total. The number of carbonyl (C=O) groups is 3. The standard InChI is InChI=1S/C22H22N2O7/c1-3-30-21(26)16-11-17(13-18(12-16)24(28)29)22(27)31-14(2)20(25)23-10-6-8-15-7-4-5-9-19(15)23/h4-5,7,9,11-14H,3,6,8,10H2,1-2H3. The summed E-state index contributed by atoms with van der Waals surface area (Å²) in [5.74, 6) is -2.13. The number of anilines is 1. The van der Waals surface area contributed by atoms with E-state index in [0.717, 1.165) is 42.3 Å². The van der Waals surface area contributed by atoms with Crippen LogP contribution < -0.4 is 4.90 Å². The van der Waals surface area contributed by atoms with Gasteiger partial charge in [-0.25, -0.2) is 9.59 Å². The fourth-order valence-electron chi connectivity index (χ4n) is 3.43. The number of hydrogen-bond donors (Lipinski definition) is 0.